The van der Waals surface area contributed by atoms with Crippen molar-refractivity contribution in [2.45, 2.75) is 26.4 Å². The van der Waals surface area contributed by atoms with Crippen LogP contribution < -0.4 is 0 Å². The first-order chi connectivity index (χ1) is 10.6. The maximum atomic E-state index is 12.7. The van der Waals surface area contributed by atoms with Crippen molar-refractivity contribution in [3.05, 3.63) is 47.8 Å². The van der Waals surface area contributed by atoms with Crippen molar-refractivity contribution < 1.29 is 9.90 Å². The fraction of sp³-hybridized carbons (Fsp3) is 0.412. The normalized spacial score (nSPS) is 19.4. The van der Waals surface area contributed by atoms with Crippen LogP contribution in [0.5, 0.6) is 0 Å². The number of hydrogen-bond acceptors (Lipinski definition) is 3. The molecule has 2 atom stereocenters. The molecule has 1 aliphatic rings. The van der Waals surface area contributed by atoms with E-state index in [1.54, 1.807) is 17.8 Å². The zero-order valence-corrected chi connectivity index (χ0v) is 12.9. The standard InChI is InChI=1S/C17H21N3O2/c1-12-16(10-18-20(12)15-6-4-3-5-7-15)17(22)19-9-8-14(11-19)13(2)21/h3-7,10,13-14,21H,8-9,11H2,1-2H3. The van der Waals surface area contributed by atoms with Crippen molar-refractivity contribution in [1.82, 2.24) is 14.7 Å². The number of aliphatic hydroxyl groups is 1. The molecule has 22 heavy (non-hydrogen) atoms. The molecule has 1 aliphatic heterocycles. The Balaban J connectivity index is 1.82. The Hall–Kier alpha value is -2.14. The number of para-hydroxylation sites is 1. The van der Waals surface area contributed by atoms with E-state index in [1.165, 1.54) is 0 Å². The minimum absolute atomic E-state index is 0.00262. The van der Waals surface area contributed by atoms with Crippen LogP contribution in [0.3, 0.4) is 0 Å². The predicted octanol–water partition coefficient (Wildman–Crippen LogP) is 2.02. The van der Waals surface area contributed by atoms with Gasteiger partial charge in [0, 0.05) is 19.0 Å². The van der Waals surface area contributed by atoms with E-state index in [9.17, 15) is 9.90 Å². The van der Waals surface area contributed by atoms with Crippen LogP contribution in [0.4, 0.5) is 0 Å². The topological polar surface area (TPSA) is 58.4 Å². The van der Waals surface area contributed by atoms with Gasteiger partial charge in [-0.3, -0.25) is 4.79 Å². The monoisotopic (exact) mass is 299 g/mol. The molecule has 1 saturated heterocycles. The van der Waals surface area contributed by atoms with Gasteiger partial charge in [0.2, 0.25) is 0 Å². The van der Waals surface area contributed by atoms with E-state index in [0.29, 0.717) is 18.7 Å². The number of carbonyl (C=O) groups excluding carboxylic acids is 1. The highest BCUT2D eigenvalue weighted by Crippen LogP contribution is 2.23. The van der Waals surface area contributed by atoms with Gasteiger partial charge in [-0.2, -0.15) is 5.10 Å². The van der Waals surface area contributed by atoms with Crippen molar-refractivity contribution >= 4 is 5.91 Å². The first-order valence-corrected chi connectivity index (χ1v) is 7.65. The van der Waals surface area contributed by atoms with Crippen LogP contribution in [-0.2, 0) is 0 Å². The van der Waals surface area contributed by atoms with E-state index in [-0.39, 0.29) is 17.9 Å². The summed E-state index contributed by atoms with van der Waals surface area (Å²) in [4.78, 5) is 14.5. The number of benzene rings is 1. The lowest BCUT2D eigenvalue weighted by molar-refractivity contribution is 0.0761. The molecule has 1 fully saturated rings. The number of amides is 1. The maximum absolute atomic E-state index is 12.7. The summed E-state index contributed by atoms with van der Waals surface area (Å²) in [5.74, 6) is 0.177. The molecule has 1 amide bonds. The number of nitrogens with zero attached hydrogens (tertiary/aromatic N) is 3. The van der Waals surface area contributed by atoms with Gasteiger partial charge in [-0.1, -0.05) is 18.2 Å². The third-order valence-corrected chi connectivity index (χ3v) is 4.44. The van der Waals surface area contributed by atoms with Crippen molar-refractivity contribution in [2.24, 2.45) is 5.92 Å². The average Bonchev–Trinajstić information content (AvgIpc) is 3.14. The van der Waals surface area contributed by atoms with Gasteiger partial charge < -0.3 is 10.0 Å². The molecule has 0 bridgehead atoms. The Labute approximate surface area is 130 Å². The van der Waals surface area contributed by atoms with Crippen molar-refractivity contribution in [3.63, 3.8) is 0 Å². The number of aromatic nitrogens is 2. The van der Waals surface area contributed by atoms with Gasteiger partial charge >= 0.3 is 0 Å². The summed E-state index contributed by atoms with van der Waals surface area (Å²) < 4.78 is 1.79. The van der Waals surface area contributed by atoms with Gasteiger partial charge in [-0.15, -0.1) is 0 Å². The zero-order valence-electron chi connectivity index (χ0n) is 12.9. The predicted molar refractivity (Wildman–Crippen MR) is 84.0 cm³/mol. The van der Waals surface area contributed by atoms with Crippen LogP contribution in [-0.4, -0.2) is 44.9 Å². The Bertz CT molecular complexity index is 664. The van der Waals surface area contributed by atoms with Crippen molar-refractivity contribution in [2.75, 3.05) is 13.1 Å². The fourth-order valence-corrected chi connectivity index (χ4v) is 2.98. The molecule has 0 aliphatic carbocycles. The first-order valence-electron chi connectivity index (χ1n) is 7.65. The van der Waals surface area contributed by atoms with Crippen LogP contribution >= 0.6 is 0 Å². The molecular formula is C17H21N3O2. The summed E-state index contributed by atoms with van der Waals surface area (Å²) >= 11 is 0. The number of hydrogen-bond donors (Lipinski definition) is 1. The number of aliphatic hydroxyl groups excluding tert-OH is 1. The number of carbonyl (C=O) groups is 1. The van der Waals surface area contributed by atoms with Crippen LogP contribution in [0, 0.1) is 12.8 Å². The van der Waals surface area contributed by atoms with Crippen molar-refractivity contribution in [1.29, 1.82) is 0 Å². The fourth-order valence-electron chi connectivity index (χ4n) is 2.98. The summed E-state index contributed by atoms with van der Waals surface area (Å²) in [5, 5.41) is 14.0. The summed E-state index contributed by atoms with van der Waals surface area (Å²) in [5.41, 5.74) is 2.43. The summed E-state index contributed by atoms with van der Waals surface area (Å²) in [6.45, 7) is 5.02. The van der Waals surface area contributed by atoms with Gasteiger partial charge in [0.05, 0.1) is 29.2 Å². The highest BCUT2D eigenvalue weighted by Gasteiger charge is 2.31. The minimum atomic E-state index is -0.370. The maximum Gasteiger partial charge on any atom is 0.257 e. The van der Waals surface area contributed by atoms with Gasteiger partial charge in [0.25, 0.3) is 5.91 Å². The molecule has 2 heterocycles. The second-order valence-electron chi connectivity index (χ2n) is 5.93. The van der Waals surface area contributed by atoms with Gasteiger partial charge in [-0.05, 0) is 32.4 Å². The third kappa shape index (κ3) is 2.64. The van der Waals surface area contributed by atoms with Gasteiger partial charge in [0.15, 0.2) is 0 Å². The average molecular weight is 299 g/mol. The molecule has 2 aromatic rings. The molecule has 116 valence electrons. The van der Waals surface area contributed by atoms with Gasteiger partial charge in [0.1, 0.15) is 0 Å². The Kier molecular flexibility index (Phi) is 3.98. The molecule has 5 nitrogen and oxygen atoms in total. The summed E-state index contributed by atoms with van der Waals surface area (Å²) in [7, 11) is 0. The lowest BCUT2D eigenvalue weighted by Gasteiger charge is -2.17. The van der Waals surface area contributed by atoms with Crippen LogP contribution in [0.1, 0.15) is 29.4 Å². The molecule has 3 rings (SSSR count). The second kappa shape index (κ2) is 5.93. The SMILES string of the molecule is Cc1c(C(=O)N2CCC(C(C)O)C2)cnn1-c1ccccc1. The molecular weight excluding hydrogens is 278 g/mol. The Morgan fingerprint density at radius 2 is 2.09 bits per heavy atom. The van der Waals surface area contributed by atoms with E-state index in [0.717, 1.165) is 17.8 Å². The van der Waals surface area contributed by atoms with E-state index in [1.807, 2.05) is 42.2 Å². The van der Waals surface area contributed by atoms with E-state index < -0.39 is 0 Å². The number of rotatable bonds is 3. The number of likely N-dealkylation sites (tertiary alicyclic amines) is 1. The first kappa shape index (κ1) is 14.8. The molecule has 0 saturated carbocycles. The molecule has 0 radical (unpaired) electrons. The van der Waals surface area contributed by atoms with E-state index in [2.05, 4.69) is 5.10 Å². The smallest absolute Gasteiger partial charge is 0.257 e. The van der Waals surface area contributed by atoms with Crippen LogP contribution in [0.25, 0.3) is 5.69 Å². The van der Waals surface area contributed by atoms with Gasteiger partial charge in [-0.25, -0.2) is 4.68 Å². The van der Waals surface area contributed by atoms with Crippen LogP contribution in [0.15, 0.2) is 36.5 Å². The Morgan fingerprint density at radius 1 is 1.36 bits per heavy atom. The molecule has 0 spiro atoms. The Morgan fingerprint density at radius 3 is 2.73 bits per heavy atom. The molecule has 1 N–H and O–H groups in total. The quantitative estimate of drug-likeness (QED) is 0.943. The largest absolute Gasteiger partial charge is 0.393 e. The minimum Gasteiger partial charge on any atom is -0.393 e. The zero-order chi connectivity index (χ0) is 15.7. The van der Waals surface area contributed by atoms with Crippen LogP contribution in [0.2, 0.25) is 0 Å². The van der Waals surface area contributed by atoms with E-state index in [4.69, 9.17) is 0 Å². The lowest BCUT2D eigenvalue weighted by Crippen LogP contribution is -2.30. The molecule has 1 aromatic heterocycles. The van der Waals surface area contributed by atoms with Crippen molar-refractivity contribution in [3.8, 4) is 5.69 Å². The molecule has 2 unspecified atom stereocenters. The highest BCUT2D eigenvalue weighted by atomic mass is 16.3. The molecule has 5 heteroatoms. The summed E-state index contributed by atoms with van der Waals surface area (Å²) in [6.07, 6.45) is 2.13. The highest BCUT2D eigenvalue weighted by molar-refractivity contribution is 5.95. The second-order valence-corrected chi connectivity index (χ2v) is 5.93. The lowest BCUT2D eigenvalue weighted by atomic mass is 10.0. The summed E-state index contributed by atoms with van der Waals surface area (Å²) in [6, 6.07) is 9.79. The van der Waals surface area contributed by atoms with E-state index >= 15 is 0 Å². The third-order valence-electron chi connectivity index (χ3n) is 4.44. The molecule has 1 aromatic carbocycles.